The van der Waals surface area contributed by atoms with Crippen LogP contribution in [0.1, 0.15) is 51.4 Å². The molecule has 2 N–H and O–H groups in total. The lowest BCUT2D eigenvalue weighted by molar-refractivity contribution is -0.146. The van der Waals surface area contributed by atoms with Crippen LogP contribution in [0.2, 0.25) is 0 Å². The largest absolute Gasteiger partial charge is 0.356 e. The first-order valence-corrected chi connectivity index (χ1v) is 9.61. The molecule has 4 bridgehead atoms. The fourth-order valence-electron chi connectivity index (χ4n) is 5.69. The molecule has 4 saturated carbocycles. The van der Waals surface area contributed by atoms with Gasteiger partial charge >= 0.3 is 0 Å². The summed E-state index contributed by atoms with van der Waals surface area (Å²) >= 11 is 0. The molecule has 0 atom stereocenters. The molecule has 5 heteroatoms. The van der Waals surface area contributed by atoms with Crippen molar-refractivity contribution < 1.29 is 9.59 Å². The van der Waals surface area contributed by atoms with Gasteiger partial charge in [-0.2, -0.15) is 0 Å². The Bertz CT molecular complexity index is 608. The maximum atomic E-state index is 12.8. The third kappa shape index (κ3) is 3.55. The quantitative estimate of drug-likeness (QED) is 0.781. The van der Waals surface area contributed by atoms with E-state index in [9.17, 15) is 9.59 Å². The second-order valence-corrected chi connectivity index (χ2v) is 8.34. The highest BCUT2D eigenvalue weighted by molar-refractivity contribution is 5.90. The van der Waals surface area contributed by atoms with Gasteiger partial charge in [0.2, 0.25) is 11.8 Å². The zero-order valence-electron chi connectivity index (χ0n) is 14.7. The predicted octanol–water partition coefficient (Wildman–Crippen LogP) is 3.13. The van der Waals surface area contributed by atoms with Crippen molar-refractivity contribution in [3.63, 3.8) is 0 Å². The van der Waals surface area contributed by atoms with E-state index in [1.165, 1.54) is 19.3 Å². The van der Waals surface area contributed by atoms with Crippen LogP contribution in [0.3, 0.4) is 0 Å². The fourth-order valence-corrected chi connectivity index (χ4v) is 5.69. The van der Waals surface area contributed by atoms with Gasteiger partial charge in [-0.1, -0.05) is 0 Å². The SMILES string of the molecule is O=C(CCCNC(=O)C12CC3CC(CC(C3)C1)C2)Nc1ccncc1. The maximum Gasteiger partial charge on any atom is 0.226 e. The minimum Gasteiger partial charge on any atom is -0.356 e. The smallest absolute Gasteiger partial charge is 0.226 e. The first-order chi connectivity index (χ1) is 12.1. The van der Waals surface area contributed by atoms with Crippen molar-refractivity contribution in [2.45, 2.75) is 51.4 Å². The molecule has 4 aliphatic rings. The molecule has 0 spiro atoms. The summed E-state index contributed by atoms with van der Waals surface area (Å²) in [5.41, 5.74) is 0.672. The lowest BCUT2D eigenvalue weighted by atomic mass is 9.49. The Balaban J connectivity index is 1.21. The Morgan fingerprint density at radius 3 is 2.24 bits per heavy atom. The van der Waals surface area contributed by atoms with Crippen LogP contribution in [0.15, 0.2) is 24.5 Å². The molecule has 0 aromatic carbocycles. The number of aromatic nitrogens is 1. The average Bonchev–Trinajstić information content (AvgIpc) is 2.58. The lowest BCUT2D eigenvalue weighted by Crippen LogP contribution is -2.53. The van der Waals surface area contributed by atoms with Gasteiger partial charge in [-0.3, -0.25) is 14.6 Å². The van der Waals surface area contributed by atoms with Gasteiger partial charge in [-0.25, -0.2) is 0 Å². The van der Waals surface area contributed by atoms with Gasteiger partial charge in [-0.15, -0.1) is 0 Å². The van der Waals surface area contributed by atoms with Crippen LogP contribution >= 0.6 is 0 Å². The number of carbonyl (C=O) groups excluding carboxylic acids is 2. The molecule has 25 heavy (non-hydrogen) atoms. The van der Waals surface area contributed by atoms with Crippen molar-refractivity contribution in [3.8, 4) is 0 Å². The number of carbonyl (C=O) groups is 2. The van der Waals surface area contributed by atoms with E-state index in [2.05, 4.69) is 15.6 Å². The monoisotopic (exact) mass is 341 g/mol. The Labute approximate surface area is 149 Å². The second kappa shape index (κ2) is 6.77. The normalized spacial score (nSPS) is 32.4. The maximum absolute atomic E-state index is 12.8. The topological polar surface area (TPSA) is 71.1 Å². The first kappa shape index (κ1) is 16.6. The molecule has 1 heterocycles. The summed E-state index contributed by atoms with van der Waals surface area (Å²) in [6.45, 7) is 0.588. The molecule has 134 valence electrons. The summed E-state index contributed by atoms with van der Waals surface area (Å²) in [7, 11) is 0. The zero-order valence-corrected chi connectivity index (χ0v) is 14.7. The number of pyridine rings is 1. The van der Waals surface area contributed by atoms with Crippen LogP contribution in [0.5, 0.6) is 0 Å². The van der Waals surface area contributed by atoms with Crippen molar-refractivity contribution in [3.05, 3.63) is 24.5 Å². The third-order valence-corrected chi connectivity index (χ3v) is 6.35. The van der Waals surface area contributed by atoms with Gasteiger partial charge < -0.3 is 10.6 Å². The van der Waals surface area contributed by atoms with Crippen molar-refractivity contribution in [2.75, 3.05) is 11.9 Å². The summed E-state index contributed by atoms with van der Waals surface area (Å²) in [5, 5.41) is 5.98. The van der Waals surface area contributed by atoms with Crippen molar-refractivity contribution in [2.24, 2.45) is 23.2 Å². The van der Waals surface area contributed by atoms with Gasteiger partial charge in [0.1, 0.15) is 0 Å². The standard InChI is InChI=1S/C20H27N3O2/c24-18(23-17-3-6-21-7-4-17)2-1-5-22-19(25)20-11-14-8-15(12-20)10-16(9-14)13-20/h3-4,6-7,14-16H,1-2,5,8-13H2,(H,22,25)(H,21,23,24). The van der Waals surface area contributed by atoms with Gasteiger partial charge in [-0.05, 0) is 74.8 Å². The van der Waals surface area contributed by atoms with Crippen molar-refractivity contribution >= 4 is 17.5 Å². The van der Waals surface area contributed by atoms with E-state index >= 15 is 0 Å². The van der Waals surface area contributed by atoms with Gasteiger partial charge in [0.15, 0.2) is 0 Å². The molecular formula is C20H27N3O2. The van der Waals surface area contributed by atoms with Gasteiger partial charge in [0.05, 0.1) is 0 Å². The van der Waals surface area contributed by atoms with E-state index in [1.54, 1.807) is 24.5 Å². The third-order valence-electron chi connectivity index (χ3n) is 6.35. The fraction of sp³-hybridized carbons (Fsp3) is 0.650. The molecule has 1 aromatic rings. The van der Waals surface area contributed by atoms with E-state index in [0.717, 1.165) is 42.7 Å². The van der Waals surface area contributed by atoms with E-state index < -0.39 is 0 Å². The molecule has 0 aliphatic heterocycles. The molecule has 2 amide bonds. The Hall–Kier alpha value is -1.91. The highest BCUT2D eigenvalue weighted by Gasteiger charge is 2.54. The van der Waals surface area contributed by atoms with Crippen LogP contribution in [0, 0.1) is 23.2 Å². The van der Waals surface area contributed by atoms with E-state index in [1.807, 2.05) is 0 Å². The average molecular weight is 341 g/mol. The number of amides is 2. The molecule has 5 nitrogen and oxygen atoms in total. The van der Waals surface area contributed by atoms with Crippen LogP contribution in [-0.2, 0) is 9.59 Å². The van der Waals surface area contributed by atoms with Crippen molar-refractivity contribution in [1.82, 2.24) is 10.3 Å². The second-order valence-electron chi connectivity index (χ2n) is 8.34. The molecule has 1 aromatic heterocycles. The number of hydrogen-bond acceptors (Lipinski definition) is 3. The minimum absolute atomic E-state index is 0.0183. The number of nitrogens with zero attached hydrogens (tertiary/aromatic N) is 1. The van der Waals surface area contributed by atoms with E-state index in [4.69, 9.17) is 0 Å². The van der Waals surface area contributed by atoms with Crippen molar-refractivity contribution in [1.29, 1.82) is 0 Å². The highest BCUT2D eigenvalue weighted by Crippen LogP contribution is 2.60. The van der Waals surface area contributed by atoms with Crippen LogP contribution in [0.25, 0.3) is 0 Å². The van der Waals surface area contributed by atoms with E-state index in [-0.39, 0.29) is 17.2 Å². The predicted molar refractivity (Wildman–Crippen MR) is 95.7 cm³/mol. The number of rotatable bonds is 6. The van der Waals surface area contributed by atoms with Crippen LogP contribution in [0.4, 0.5) is 5.69 Å². The molecule has 4 fully saturated rings. The van der Waals surface area contributed by atoms with Gasteiger partial charge in [0.25, 0.3) is 0 Å². The summed E-state index contributed by atoms with van der Waals surface area (Å²) in [5.74, 6) is 2.57. The summed E-state index contributed by atoms with van der Waals surface area (Å²) < 4.78 is 0. The minimum atomic E-state index is -0.0892. The lowest BCUT2D eigenvalue weighted by Gasteiger charge is -2.55. The molecule has 0 saturated heterocycles. The first-order valence-electron chi connectivity index (χ1n) is 9.61. The Morgan fingerprint density at radius 2 is 1.64 bits per heavy atom. The molecule has 0 radical (unpaired) electrons. The molecule has 0 unspecified atom stereocenters. The molecule has 4 aliphatic carbocycles. The van der Waals surface area contributed by atoms with Gasteiger partial charge in [0, 0.05) is 36.5 Å². The summed E-state index contributed by atoms with van der Waals surface area (Å²) in [4.78, 5) is 28.7. The molecular weight excluding hydrogens is 314 g/mol. The Kier molecular flexibility index (Phi) is 4.48. The number of hydrogen-bond donors (Lipinski definition) is 2. The summed E-state index contributed by atoms with van der Waals surface area (Å²) in [6.07, 6.45) is 11.7. The van der Waals surface area contributed by atoms with Crippen LogP contribution < -0.4 is 10.6 Å². The zero-order chi connectivity index (χ0) is 17.3. The highest BCUT2D eigenvalue weighted by atomic mass is 16.2. The van der Waals surface area contributed by atoms with E-state index in [0.29, 0.717) is 19.4 Å². The Morgan fingerprint density at radius 1 is 1.04 bits per heavy atom. The summed E-state index contributed by atoms with van der Waals surface area (Å²) in [6, 6.07) is 3.54. The number of nitrogens with one attached hydrogen (secondary N) is 2. The number of anilines is 1. The molecule has 5 rings (SSSR count). The van der Waals surface area contributed by atoms with Crippen LogP contribution in [-0.4, -0.2) is 23.3 Å².